The van der Waals surface area contributed by atoms with Crippen LogP contribution < -0.4 is 10.1 Å². The molecular weight excluding hydrogens is 316 g/mol. The number of hydrogen-bond donors (Lipinski definition) is 1. The van der Waals surface area contributed by atoms with Crippen LogP contribution in [0, 0.1) is 0 Å². The normalized spacial score (nSPS) is 10.2. The maximum Gasteiger partial charge on any atom is 0.226 e. The highest BCUT2D eigenvalue weighted by Crippen LogP contribution is 2.29. The molecule has 0 bridgehead atoms. The number of rotatable bonds is 8. The van der Waals surface area contributed by atoms with Crippen molar-refractivity contribution in [2.75, 3.05) is 18.4 Å². The van der Waals surface area contributed by atoms with E-state index in [1.807, 2.05) is 55.5 Å². The fourth-order valence-corrected chi connectivity index (χ4v) is 2.42. The van der Waals surface area contributed by atoms with Gasteiger partial charge in [-0.25, -0.2) is 0 Å². The molecule has 2 rings (SSSR count). The molecule has 0 fully saturated rings. The lowest BCUT2D eigenvalue weighted by Gasteiger charge is -2.20. The van der Waals surface area contributed by atoms with E-state index in [2.05, 4.69) is 5.32 Å². The van der Waals surface area contributed by atoms with Gasteiger partial charge in [0.2, 0.25) is 11.8 Å². The molecule has 0 heterocycles. The summed E-state index contributed by atoms with van der Waals surface area (Å²) in [7, 11) is 0. The van der Waals surface area contributed by atoms with Gasteiger partial charge in [-0.2, -0.15) is 0 Å². The summed E-state index contributed by atoms with van der Waals surface area (Å²) in [4.78, 5) is 25.5. The maximum absolute atomic E-state index is 12.2. The Bertz CT molecular complexity index is 701. The van der Waals surface area contributed by atoms with E-state index in [0.717, 1.165) is 6.42 Å². The third kappa shape index (κ3) is 5.95. The molecule has 5 nitrogen and oxygen atoms in total. The highest BCUT2D eigenvalue weighted by atomic mass is 16.5. The quantitative estimate of drug-likeness (QED) is 0.788. The third-order valence-electron chi connectivity index (χ3n) is 3.68. The van der Waals surface area contributed by atoms with Gasteiger partial charge >= 0.3 is 0 Å². The van der Waals surface area contributed by atoms with Gasteiger partial charge in [0.05, 0.1) is 5.69 Å². The average molecular weight is 340 g/mol. The molecule has 0 aromatic heterocycles. The second kappa shape index (κ2) is 9.47. The molecule has 0 unspecified atom stereocenters. The van der Waals surface area contributed by atoms with Crippen molar-refractivity contribution in [3.63, 3.8) is 0 Å². The SMILES string of the molecule is CCCN(CCC(=O)Nc1ccccc1Oc1ccccc1)C(C)=O. The van der Waals surface area contributed by atoms with Crippen LogP contribution in [0.4, 0.5) is 5.69 Å². The first-order chi connectivity index (χ1) is 12.1. The number of anilines is 1. The molecule has 0 aliphatic heterocycles. The lowest BCUT2D eigenvalue weighted by molar-refractivity contribution is -0.129. The monoisotopic (exact) mass is 340 g/mol. The summed E-state index contributed by atoms with van der Waals surface area (Å²) in [6.45, 7) is 4.61. The van der Waals surface area contributed by atoms with Crippen LogP contribution in [-0.4, -0.2) is 29.8 Å². The summed E-state index contributed by atoms with van der Waals surface area (Å²) >= 11 is 0. The van der Waals surface area contributed by atoms with Crippen LogP contribution in [0.25, 0.3) is 0 Å². The Morgan fingerprint density at radius 1 is 1.00 bits per heavy atom. The third-order valence-corrected chi connectivity index (χ3v) is 3.68. The molecule has 0 atom stereocenters. The summed E-state index contributed by atoms with van der Waals surface area (Å²) in [5.41, 5.74) is 0.612. The van der Waals surface area contributed by atoms with Gasteiger partial charge in [0.1, 0.15) is 5.75 Å². The fourth-order valence-electron chi connectivity index (χ4n) is 2.42. The molecule has 0 aliphatic carbocycles. The van der Waals surface area contributed by atoms with E-state index in [4.69, 9.17) is 4.74 Å². The predicted molar refractivity (Wildman–Crippen MR) is 98.7 cm³/mol. The molecule has 2 aromatic rings. The second-order valence-electron chi connectivity index (χ2n) is 5.72. The Morgan fingerprint density at radius 3 is 2.36 bits per heavy atom. The van der Waals surface area contributed by atoms with Crippen molar-refractivity contribution < 1.29 is 14.3 Å². The number of nitrogens with one attached hydrogen (secondary N) is 1. The molecule has 5 heteroatoms. The predicted octanol–water partition coefficient (Wildman–Crippen LogP) is 4.07. The van der Waals surface area contributed by atoms with Gasteiger partial charge in [-0.15, -0.1) is 0 Å². The number of nitrogens with zero attached hydrogens (tertiary/aromatic N) is 1. The molecule has 2 amide bonds. The van der Waals surface area contributed by atoms with Crippen molar-refractivity contribution in [3.05, 3.63) is 54.6 Å². The van der Waals surface area contributed by atoms with Crippen molar-refractivity contribution in [1.29, 1.82) is 0 Å². The summed E-state index contributed by atoms with van der Waals surface area (Å²) in [5.74, 6) is 1.13. The van der Waals surface area contributed by atoms with Crippen molar-refractivity contribution >= 4 is 17.5 Å². The van der Waals surface area contributed by atoms with Gasteiger partial charge in [-0.05, 0) is 30.7 Å². The summed E-state index contributed by atoms with van der Waals surface area (Å²) < 4.78 is 5.83. The molecule has 0 spiro atoms. The number of carbonyl (C=O) groups is 2. The largest absolute Gasteiger partial charge is 0.455 e. The Morgan fingerprint density at radius 2 is 1.68 bits per heavy atom. The molecule has 2 aromatic carbocycles. The van der Waals surface area contributed by atoms with Gasteiger partial charge in [-0.3, -0.25) is 9.59 Å². The summed E-state index contributed by atoms with van der Waals surface area (Å²) in [6.07, 6.45) is 1.12. The Labute approximate surface area is 148 Å². The first kappa shape index (κ1) is 18.5. The van der Waals surface area contributed by atoms with Gasteiger partial charge < -0.3 is 15.0 Å². The first-order valence-electron chi connectivity index (χ1n) is 8.47. The standard InChI is InChI=1S/C20H24N2O3/c1-3-14-22(16(2)23)15-13-20(24)21-18-11-7-8-12-19(18)25-17-9-5-4-6-10-17/h4-12H,3,13-15H2,1-2H3,(H,21,24). The molecule has 1 N–H and O–H groups in total. The van der Waals surface area contributed by atoms with E-state index < -0.39 is 0 Å². The number of hydrogen-bond acceptors (Lipinski definition) is 3. The number of amides is 2. The molecular formula is C20H24N2O3. The van der Waals surface area contributed by atoms with E-state index in [9.17, 15) is 9.59 Å². The minimum absolute atomic E-state index is 0.0116. The fraction of sp³-hybridized carbons (Fsp3) is 0.300. The zero-order valence-electron chi connectivity index (χ0n) is 14.7. The highest BCUT2D eigenvalue weighted by Gasteiger charge is 2.12. The van der Waals surface area contributed by atoms with Gasteiger partial charge in [0.25, 0.3) is 0 Å². The minimum Gasteiger partial charge on any atom is -0.455 e. The van der Waals surface area contributed by atoms with E-state index >= 15 is 0 Å². The number of carbonyl (C=O) groups excluding carboxylic acids is 2. The van der Waals surface area contributed by atoms with Crippen molar-refractivity contribution in [3.8, 4) is 11.5 Å². The van der Waals surface area contributed by atoms with Gasteiger partial charge in [-0.1, -0.05) is 37.3 Å². The van der Waals surface area contributed by atoms with E-state index in [0.29, 0.717) is 30.3 Å². The molecule has 132 valence electrons. The lowest BCUT2D eigenvalue weighted by atomic mass is 10.2. The van der Waals surface area contributed by atoms with E-state index in [1.54, 1.807) is 11.0 Å². The van der Waals surface area contributed by atoms with Crippen molar-refractivity contribution in [1.82, 2.24) is 4.90 Å². The van der Waals surface area contributed by atoms with Crippen LogP contribution in [-0.2, 0) is 9.59 Å². The zero-order valence-corrected chi connectivity index (χ0v) is 14.7. The van der Waals surface area contributed by atoms with E-state index in [-0.39, 0.29) is 18.2 Å². The first-order valence-corrected chi connectivity index (χ1v) is 8.47. The Hall–Kier alpha value is -2.82. The highest BCUT2D eigenvalue weighted by molar-refractivity contribution is 5.92. The lowest BCUT2D eigenvalue weighted by Crippen LogP contribution is -2.32. The topological polar surface area (TPSA) is 58.6 Å². The van der Waals surface area contributed by atoms with Crippen LogP contribution in [0.3, 0.4) is 0 Å². The molecule has 25 heavy (non-hydrogen) atoms. The number of benzene rings is 2. The smallest absolute Gasteiger partial charge is 0.226 e. The average Bonchev–Trinajstić information content (AvgIpc) is 2.61. The summed E-state index contributed by atoms with van der Waals surface area (Å²) in [6, 6.07) is 16.7. The molecule has 0 saturated heterocycles. The summed E-state index contributed by atoms with van der Waals surface area (Å²) in [5, 5.41) is 2.87. The van der Waals surface area contributed by atoms with Crippen molar-refractivity contribution in [2.24, 2.45) is 0 Å². The van der Waals surface area contributed by atoms with Crippen LogP contribution in [0.5, 0.6) is 11.5 Å². The second-order valence-corrected chi connectivity index (χ2v) is 5.72. The van der Waals surface area contributed by atoms with Gasteiger partial charge in [0, 0.05) is 26.4 Å². The minimum atomic E-state index is -0.147. The maximum atomic E-state index is 12.2. The number of ether oxygens (including phenoxy) is 1. The van der Waals surface area contributed by atoms with E-state index in [1.165, 1.54) is 6.92 Å². The van der Waals surface area contributed by atoms with Crippen molar-refractivity contribution in [2.45, 2.75) is 26.7 Å². The number of para-hydroxylation sites is 3. The Balaban J connectivity index is 1.97. The zero-order chi connectivity index (χ0) is 18.1. The van der Waals surface area contributed by atoms with Gasteiger partial charge in [0.15, 0.2) is 5.75 Å². The van der Waals surface area contributed by atoms with Crippen LogP contribution >= 0.6 is 0 Å². The molecule has 0 aliphatic rings. The van der Waals surface area contributed by atoms with Crippen LogP contribution in [0.1, 0.15) is 26.7 Å². The van der Waals surface area contributed by atoms with Crippen LogP contribution in [0.2, 0.25) is 0 Å². The van der Waals surface area contributed by atoms with Crippen LogP contribution in [0.15, 0.2) is 54.6 Å². The molecule has 0 saturated carbocycles. The Kier molecular flexibility index (Phi) is 7.01. The molecule has 0 radical (unpaired) electrons.